The second kappa shape index (κ2) is 6.73. The van der Waals surface area contributed by atoms with Gasteiger partial charge < -0.3 is 19.2 Å². The summed E-state index contributed by atoms with van der Waals surface area (Å²) in [5.74, 6) is 0. The first-order chi connectivity index (χ1) is 8.44. The lowest BCUT2D eigenvalue weighted by Gasteiger charge is -2.36. The summed E-state index contributed by atoms with van der Waals surface area (Å²) in [4.78, 5) is 24.1. The van der Waals surface area contributed by atoms with Crippen LogP contribution in [-0.4, -0.2) is 48.7 Å². The molecular formula is C13H23NO4. The minimum Gasteiger partial charge on any atom is -0.444 e. The van der Waals surface area contributed by atoms with Crippen molar-refractivity contribution < 1.29 is 19.1 Å². The van der Waals surface area contributed by atoms with Gasteiger partial charge in [0.05, 0.1) is 19.3 Å². The normalized spacial score (nSPS) is 20.6. The fourth-order valence-electron chi connectivity index (χ4n) is 1.89. The van der Waals surface area contributed by atoms with E-state index in [1.54, 1.807) is 4.90 Å². The number of carbonyl (C=O) groups excluding carboxylic acids is 2. The molecule has 5 heteroatoms. The van der Waals surface area contributed by atoms with E-state index in [-0.39, 0.29) is 12.1 Å². The molecule has 0 aliphatic carbocycles. The second-order valence-corrected chi connectivity index (χ2v) is 5.50. The maximum atomic E-state index is 12.0. The van der Waals surface area contributed by atoms with E-state index in [1.807, 2.05) is 20.8 Å². The summed E-state index contributed by atoms with van der Waals surface area (Å²) in [7, 11) is 0. The minimum absolute atomic E-state index is 0.0218. The monoisotopic (exact) mass is 257 g/mol. The minimum atomic E-state index is -0.483. The Hall–Kier alpha value is -1.10. The molecule has 1 fully saturated rings. The summed E-state index contributed by atoms with van der Waals surface area (Å²) in [6, 6.07) is 0.0218. The number of rotatable bonds is 4. The van der Waals surface area contributed by atoms with E-state index in [1.165, 1.54) is 0 Å². The van der Waals surface area contributed by atoms with Gasteiger partial charge in [0.25, 0.3) is 0 Å². The zero-order valence-corrected chi connectivity index (χ0v) is 11.5. The predicted molar refractivity (Wildman–Crippen MR) is 67.5 cm³/mol. The molecule has 0 aromatic heterocycles. The van der Waals surface area contributed by atoms with E-state index in [2.05, 4.69) is 0 Å². The highest BCUT2D eigenvalue weighted by Crippen LogP contribution is 2.17. The molecule has 1 unspecified atom stereocenters. The molecule has 0 radical (unpaired) electrons. The van der Waals surface area contributed by atoms with Crippen molar-refractivity contribution in [2.75, 3.05) is 19.8 Å². The number of ether oxygens (including phenoxy) is 2. The van der Waals surface area contributed by atoms with Crippen LogP contribution in [0.15, 0.2) is 0 Å². The number of amides is 1. The number of nitrogens with zero attached hydrogens (tertiary/aromatic N) is 1. The molecule has 0 saturated carbocycles. The Bertz CT molecular complexity index is 285. The molecule has 1 amide bonds. The third kappa shape index (κ3) is 5.04. The van der Waals surface area contributed by atoms with Gasteiger partial charge in [-0.2, -0.15) is 0 Å². The number of hydrogen-bond donors (Lipinski definition) is 0. The maximum absolute atomic E-state index is 12.0. The Morgan fingerprint density at radius 2 is 2.22 bits per heavy atom. The van der Waals surface area contributed by atoms with Crippen LogP contribution in [0.3, 0.4) is 0 Å². The number of hydrogen-bond acceptors (Lipinski definition) is 4. The summed E-state index contributed by atoms with van der Waals surface area (Å²) in [6.45, 7) is 7.19. The first-order valence-corrected chi connectivity index (χ1v) is 6.45. The average molecular weight is 257 g/mol. The summed E-state index contributed by atoms with van der Waals surface area (Å²) in [6.07, 6.45) is 2.69. The molecule has 5 nitrogen and oxygen atoms in total. The van der Waals surface area contributed by atoms with E-state index in [4.69, 9.17) is 9.47 Å². The van der Waals surface area contributed by atoms with Gasteiger partial charge in [0, 0.05) is 13.0 Å². The standard InChI is InChI=1S/C13H23NO4/c1-13(2,3)18-12(16)14-7-9-17-10-11(14)6-4-5-8-15/h8,11H,4-7,9-10H2,1-3H3. The van der Waals surface area contributed by atoms with Crippen molar-refractivity contribution in [3.63, 3.8) is 0 Å². The molecule has 18 heavy (non-hydrogen) atoms. The smallest absolute Gasteiger partial charge is 0.410 e. The Morgan fingerprint density at radius 3 is 2.83 bits per heavy atom. The number of carbonyl (C=O) groups is 2. The third-order valence-electron chi connectivity index (χ3n) is 2.71. The molecule has 1 heterocycles. The Kier molecular flexibility index (Phi) is 5.59. The average Bonchev–Trinajstić information content (AvgIpc) is 2.27. The van der Waals surface area contributed by atoms with Crippen molar-refractivity contribution >= 4 is 12.4 Å². The van der Waals surface area contributed by atoms with Crippen LogP contribution in [0.2, 0.25) is 0 Å². The fraction of sp³-hybridized carbons (Fsp3) is 0.846. The molecule has 104 valence electrons. The van der Waals surface area contributed by atoms with Gasteiger partial charge in [-0.25, -0.2) is 4.79 Å². The van der Waals surface area contributed by atoms with Gasteiger partial charge >= 0.3 is 6.09 Å². The quantitative estimate of drug-likeness (QED) is 0.571. The van der Waals surface area contributed by atoms with Crippen molar-refractivity contribution in [1.82, 2.24) is 4.90 Å². The van der Waals surface area contributed by atoms with Gasteiger partial charge in [-0.1, -0.05) is 0 Å². The first-order valence-electron chi connectivity index (χ1n) is 6.45. The van der Waals surface area contributed by atoms with Gasteiger partial charge in [-0.3, -0.25) is 0 Å². The highest BCUT2D eigenvalue weighted by Gasteiger charge is 2.30. The fourth-order valence-corrected chi connectivity index (χ4v) is 1.89. The molecule has 1 rings (SSSR count). The molecular weight excluding hydrogens is 234 g/mol. The Morgan fingerprint density at radius 1 is 1.50 bits per heavy atom. The lowest BCUT2D eigenvalue weighted by atomic mass is 10.1. The van der Waals surface area contributed by atoms with E-state index in [0.29, 0.717) is 26.2 Å². The van der Waals surface area contributed by atoms with Crippen LogP contribution in [0.4, 0.5) is 4.79 Å². The van der Waals surface area contributed by atoms with Crippen LogP contribution in [0.1, 0.15) is 40.0 Å². The molecule has 1 saturated heterocycles. The van der Waals surface area contributed by atoms with Crippen molar-refractivity contribution in [2.45, 2.75) is 51.7 Å². The van der Waals surface area contributed by atoms with Crippen molar-refractivity contribution in [3.8, 4) is 0 Å². The van der Waals surface area contributed by atoms with Gasteiger partial charge in [0.2, 0.25) is 0 Å². The molecule has 0 N–H and O–H groups in total. The molecule has 1 aliphatic rings. The van der Waals surface area contributed by atoms with E-state index in [0.717, 1.165) is 19.1 Å². The van der Waals surface area contributed by atoms with Crippen LogP contribution in [-0.2, 0) is 14.3 Å². The molecule has 1 atom stereocenters. The van der Waals surface area contributed by atoms with Gasteiger partial charge in [0.15, 0.2) is 0 Å². The second-order valence-electron chi connectivity index (χ2n) is 5.50. The molecule has 0 spiro atoms. The number of unbranched alkanes of at least 4 members (excludes halogenated alkanes) is 1. The van der Waals surface area contributed by atoms with E-state index >= 15 is 0 Å². The molecule has 1 aliphatic heterocycles. The van der Waals surface area contributed by atoms with Crippen molar-refractivity contribution in [2.24, 2.45) is 0 Å². The van der Waals surface area contributed by atoms with E-state index in [9.17, 15) is 9.59 Å². The van der Waals surface area contributed by atoms with Crippen molar-refractivity contribution in [1.29, 1.82) is 0 Å². The van der Waals surface area contributed by atoms with Gasteiger partial charge in [-0.15, -0.1) is 0 Å². The zero-order chi connectivity index (χ0) is 13.6. The first kappa shape index (κ1) is 15.0. The van der Waals surface area contributed by atoms with Gasteiger partial charge in [0.1, 0.15) is 11.9 Å². The number of aldehydes is 1. The van der Waals surface area contributed by atoms with Crippen LogP contribution in [0, 0.1) is 0 Å². The lowest BCUT2D eigenvalue weighted by Crippen LogP contribution is -2.50. The lowest BCUT2D eigenvalue weighted by molar-refractivity contribution is -0.108. The molecule has 0 aromatic rings. The SMILES string of the molecule is CC(C)(C)OC(=O)N1CCOCC1CCCC=O. The molecule has 0 aromatic carbocycles. The predicted octanol–water partition coefficient (Wildman–Crippen LogP) is 1.99. The summed E-state index contributed by atoms with van der Waals surface area (Å²) in [5.41, 5.74) is -0.483. The van der Waals surface area contributed by atoms with Crippen molar-refractivity contribution in [3.05, 3.63) is 0 Å². The third-order valence-corrected chi connectivity index (χ3v) is 2.71. The summed E-state index contributed by atoms with van der Waals surface area (Å²) < 4.78 is 10.8. The van der Waals surface area contributed by atoms with Crippen LogP contribution in [0.5, 0.6) is 0 Å². The zero-order valence-electron chi connectivity index (χ0n) is 11.5. The highest BCUT2D eigenvalue weighted by atomic mass is 16.6. The van der Waals surface area contributed by atoms with Gasteiger partial charge in [-0.05, 0) is 33.6 Å². The maximum Gasteiger partial charge on any atom is 0.410 e. The molecule has 0 bridgehead atoms. The Labute approximate surface area is 108 Å². The number of morpholine rings is 1. The highest BCUT2D eigenvalue weighted by molar-refractivity contribution is 5.68. The summed E-state index contributed by atoms with van der Waals surface area (Å²) in [5, 5.41) is 0. The van der Waals surface area contributed by atoms with E-state index < -0.39 is 5.60 Å². The van der Waals surface area contributed by atoms with Crippen LogP contribution in [0.25, 0.3) is 0 Å². The summed E-state index contributed by atoms with van der Waals surface area (Å²) >= 11 is 0. The topological polar surface area (TPSA) is 55.8 Å². The largest absolute Gasteiger partial charge is 0.444 e. The van der Waals surface area contributed by atoms with Crippen LogP contribution < -0.4 is 0 Å². The Balaban J connectivity index is 2.52. The van der Waals surface area contributed by atoms with Crippen LogP contribution >= 0.6 is 0 Å².